The summed E-state index contributed by atoms with van der Waals surface area (Å²) in [6, 6.07) is 55.7. The third-order valence-electron chi connectivity index (χ3n) is 9.29. The molecule has 0 aliphatic rings. The van der Waals surface area contributed by atoms with Gasteiger partial charge in [-0.2, -0.15) is 10.5 Å². The maximum atomic E-state index is 11.4. The monoisotopic (exact) mass is 611 g/mol. The van der Waals surface area contributed by atoms with Gasteiger partial charge < -0.3 is 8.98 Å². The van der Waals surface area contributed by atoms with E-state index in [4.69, 9.17) is 4.42 Å². The third kappa shape index (κ3) is 3.94. The van der Waals surface area contributed by atoms with E-state index >= 15 is 0 Å². The Morgan fingerprint density at radius 2 is 0.938 bits per heavy atom. The number of para-hydroxylation sites is 2. The van der Waals surface area contributed by atoms with Gasteiger partial charge in [-0.05, 0) is 34.9 Å². The molecule has 48 heavy (non-hydrogen) atoms. The van der Waals surface area contributed by atoms with Gasteiger partial charge in [0.1, 0.15) is 17.7 Å². The van der Waals surface area contributed by atoms with Gasteiger partial charge in [0.2, 0.25) is 0 Å². The second kappa shape index (κ2) is 10.9. The first-order valence-corrected chi connectivity index (χ1v) is 15.8. The van der Waals surface area contributed by atoms with Gasteiger partial charge in [0.05, 0.1) is 27.8 Å². The molecule has 9 rings (SSSR count). The summed E-state index contributed by atoms with van der Waals surface area (Å²) in [5.74, 6) is 0. The quantitative estimate of drug-likeness (QED) is 0.199. The molecule has 0 saturated heterocycles. The van der Waals surface area contributed by atoms with Gasteiger partial charge in [-0.15, -0.1) is 0 Å². The molecule has 0 atom stereocenters. The number of hydrogen-bond acceptors (Lipinski definition) is 3. The summed E-state index contributed by atoms with van der Waals surface area (Å²) in [4.78, 5) is 0. The van der Waals surface area contributed by atoms with Crippen molar-refractivity contribution in [1.29, 1.82) is 10.5 Å². The molecule has 4 heteroatoms. The molecular formula is C44H25N3O. The van der Waals surface area contributed by atoms with Gasteiger partial charge in [0.15, 0.2) is 5.58 Å². The van der Waals surface area contributed by atoms with Crippen molar-refractivity contribution < 1.29 is 4.42 Å². The zero-order chi connectivity index (χ0) is 32.2. The number of nitriles is 2. The van der Waals surface area contributed by atoms with E-state index in [0.29, 0.717) is 22.4 Å². The van der Waals surface area contributed by atoms with Crippen molar-refractivity contribution in [1.82, 2.24) is 4.57 Å². The van der Waals surface area contributed by atoms with Crippen LogP contribution in [0.4, 0.5) is 0 Å². The largest absolute Gasteiger partial charge is 0.454 e. The third-order valence-corrected chi connectivity index (χ3v) is 9.29. The van der Waals surface area contributed by atoms with Gasteiger partial charge in [-0.25, -0.2) is 0 Å². The molecule has 7 aromatic carbocycles. The fourth-order valence-corrected chi connectivity index (χ4v) is 7.32. The van der Waals surface area contributed by atoms with E-state index in [1.165, 1.54) is 0 Å². The van der Waals surface area contributed by atoms with Crippen molar-refractivity contribution in [3.05, 3.63) is 163 Å². The number of fused-ring (bicyclic) bond motifs is 7. The molecule has 0 radical (unpaired) electrons. The first-order valence-electron chi connectivity index (χ1n) is 15.8. The minimum Gasteiger partial charge on any atom is -0.454 e. The average molecular weight is 612 g/mol. The minimum atomic E-state index is 0.480. The minimum absolute atomic E-state index is 0.480. The van der Waals surface area contributed by atoms with Crippen LogP contribution in [0.5, 0.6) is 0 Å². The molecule has 0 saturated carbocycles. The van der Waals surface area contributed by atoms with Crippen LogP contribution in [-0.2, 0) is 0 Å². The zero-order valence-electron chi connectivity index (χ0n) is 25.7. The lowest BCUT2D eigenvalue weighted by Crippen LogP contribution is -2.07. The van der Waals surface area contributed by atoms with E-state index in [2.05, 4.69) is 47.0 Å². The predicted molar refractivity (Wildman–Crippen MR) is 194 cm³/mol. The van der Waals surface area contributed by atoms with Crippen LogP contribution in [0.1, 0.15) is 11.1 Å². The van der Waals surface area contributed by atoms with Gasteiger partial charge in [-0.3, -0.25) is 0 Å². The molecule has 0 aliphatic heterocycles. The van der Waals surface area contributed by atoms with E-state index in [-0.39, 0.29) is 0 Å². The zero-order valence-corrected chi connectivity index (χ0v) is 25.7. The molecule has 222 valence electrons. The summed E-state index contributed by atoms with van der Waals surface area (Å²) in [5.41, 5.74) is 9.67. The lowest BCUT2D eigenvalue weighted by molar-refractivity contribution is 0.671. The number of rotatable bonds is 4. The van der Waals surface area contributed by atoms with Crippen LogP contribution in [0, 0.1) is 22.7 Å². The number of aromatic nitrogens is 1. The molecule has 4 nitrogen and oxygen atoms in total. The lowest BCUT2D eigenvalue weighted by Gasteiger charge is -2.24. The SMILES string of the molecule is N#Cc1c(-c2ccccc2)c(-c2ccccc2)c(C#N)c(-n2c3ccccc3c3ccc4c5ccccc5oc4c32)c1-c1ccccc1. The molecule has 0 amide bonds. The summed E-state index contributed by atoms with van der Waals surface area (Å²) >= 11 is 0. The Bertz CT molecular complexity index is 2780. The van der Waals surface area contributed by atoms with Gasteiger partial charge in [0.25, 0.3) is 0 Å². The maximum absolute atomic E-state index is 11.4. The highest BCUT2D eigenvalue weighted by atomic mass is 16.3. The average Bonchev–Trinajstić information content (AvgIpc) is 3.70. The Balaban J connectivity index is 1.59. The first-order chi connectivity index (χ1) is 23.8. The fourth-order valence-electron chi connectivity index (χ4n) is 7.32. The van der Waals surface area contributed by atoms with Crippen LogP contribution in [0.15, 0.2) is 156 Å². The maximum Gasteiger partial charge on any atom is 0.160 e. The molecule has 0 unspecified atom stereocenters. The molecule has 0 spiro atoms. The fraction of sp³-hybridized carbons (Fsp3) is 0. The highest BCUT2D eigenvalue weighted by Crippen LogP contribution is 2.49. The number of furan rings is 1. The van der Waals surface area contributed by atoms with Crippen LogP contribution in [0.25, 0.3) is 82.8 Å². The van der Waals surface area contributed by atoms with Gasteiger partial charge >= 0.3 is 0 Å². The van der Waals surface area contributed by atoms with Crippen LogP contribution in [0.2, 0.25) is 0 Å². The Morgan fingerprint density at radius 3 is 1.56 bits per heavy atom. The first kappa shape index (κ1) is 27.4. The van der Waals surface area contributed by atoms with Crippen molar-refractivity contribution >= 4 is 43.7 Å². The van der Waals surface area contributed by atoms with E-state index in [1.807, 2.05) is 121 Å². The highest BCUT2D eigenvalue weighted by molar-refractivity contribution is 6.22. The predicted octanol–water partition coefficient (Wildman–Crippen LogP) is 11.4. The summed E-state index contributed by atoms with van der Waals surface area (Å²) in [5, 5.41) is 26.6. The second-order valence-corrected chi connectivity index (χ2v) is 11.8. The Kier molecular flexibility index (Phi) is 6.22. The van der Waals surface area contributed by atoms with Gasteiger partial charge in [0, 0.05) is 38.2 Å². The number of benzene rings is 7. The van der Waals surface area contributed by atoms with Crippen LogP contribution in [-0.4, -0.2) is 4.57 Å². The molecule has 0 N–H and O–H groups in total. The molecule has 9 aromatic rings. The van der Waals surface area contributed by atoms with E-state index in [9.17, 15) is 10.5 Å². The van der Waals surface area contributed by atoms with Crippen LogP contribution >= 0.6 is 0 Å². The van der Waals surface area contributed by atoms with Crippen molar-refractivity contribution in [3.8, 4) is 51.2 Å². The Morgan fingerprint density at radius 1 is 0.438 bits per heavy atom. The van der Waals surface area contributed by atoms with Crippen molar-refractivity contribution in [2.45, 2.75) is 0 Å². The number of hydrogen-bond donors (Lipinski definition) is 0. The summed E-state index contributed by atoms with van der Waals surface area (Å²) in [6.45, 7) is 0. The standard InChI is InChI=1S/C44H25N3O/c45-26-35-39(28-14-4-1-5-15-28)40(29-16-6-2-7-17-29)36(27-46)42(41(35)30-18-8-3-9-19-30)47-37-22-12-10-20-31(37)33-24-25-34-32-21-11-13-23-38(32)48-44(34)43(33)47/h1-25H. The summed E-state index contributed by atoms with van der Waals surface area (Å²) < 4.78 is 8.84. The molecular weight excluding hydrogens is 587 g/mol. The molecule has 0 fully saturated rings. The topological polar surface area (TPSA) is 65.7 Å². The van der Waals surface area contributed by atoms with E-state index in [1.54, 1.807) is 0 Å². The lowest BCUT2D eigenvalue weighted by atomic mass is 9.81. The van der Waals surface area contributed by atoms with Crippen molar-refractivity contribution in [2.24, 2.45) is 0 Å². The normalized spacial score (nSPS) is 11.3. The molecule has 2 aromatic heterocycles. The molecule has 2 heterocycles. The van der Waals surface area contributed by atoms with Crippen LogP contribution < -0.4 is 0 Å². The van der Waals surface area contributed by atoms with E-state index < -0.39 is 0 Å². The number of nitrogens with zero attached hydrogens (tertiary/aromatic N) is 3. The summed E-state index contributed by atoms with van der Waals surface area (Å²) in [7, 11) is 0. The Hall–Kier alpha value is -6.88. The van der Waals surface area contributed by atoms with Gasteiger partial charge in [-0.1, -0.05) is 133 Å². The molecule has 0 aliphatic carbocycles. The highest BCUT2D eigenvalue weighted by Gasteiger charge is 2.30. The van der Waals surface area contributed by atoms with Crippen molar-refractivity contribution in [2.75, 3.05) is 0 Å². The Labute approximate surface area is 276 Å². The van der Waals surface area contributed by atoms with Crippen molar-refractivity contribution in [3.63, 3.8) is 0 Å². The van der Waals surface area contributed by atoms with Crippen LogP contribution in [0.3, 0.4) is 0 Å². The summed E-state index contributed by atoms with van der Waals surface area (Å²) in [6.07, 6.45) is 0. The second-order valence-electron chi connectivity index (χ2n) is 11.8. The molecule has 0 bridgehead atoms. The van der Waals surface area contributed by atoms with E-state index in [0.717, 1.165) is 71.6 Å². The smallest absolute Gasteiger partial charge is 0.160 e.